The number of aryl methyl sites for hydroxylation is 3. The van der Waals surface area contributed by atoms with Crippen LogP contribution in [0.2, 0.25) is 5.02 Å². The van der Waals surface area contributed by atoms with Gasteiger partial charge in [0.1, 0.15) is 0 Å². The summed E-state index contributed by atoms with van der Waals surface area (Å²) in [6, 6.07) is 7.41. The van der Waals surface area contributed by atoms with E-state index in [0.717, 1.165) is 42.9 Å². The summed E-state index contributed by atoms with van der Waals surface area (Å²) in [5.74, 6) is -0.137. The lowest BCUT2D eigenvalue weighted by atomic mass is 9.94. The summed E-state index contributed by atoms with van der Waals surface area (Å²) >= 11 is 6.47. The van der Waals surface area contributed by atoms with E-state index in [0.29, 0.717) is 73.7 Å². The third-order valence-electron chi connectivity index (χ3n) is 9.66. The van der Waals surface area contributed by atoms with E-state index in [1.165, 1.54) is 0 Å². The van der Waals surface area contributed by atoms with Crippen molar-refractivity contribution in [2.75, 3.05) is 63.9 Å². The van der Waals surface area contributed by atoms with E-state index in [-0.39, 0.29) is 29.5 Å². The van der Waals surface area contributed by atoms with E-state index in [1.54, 1.807) is 19.9 Å². The second kappa shape index (κ2) is 14.4. The lowest BCUT2D eigenvalue weighted by Crippen LogP contribution is -2.44. The number of piperidine rings is 1. The molecule has 1 aromatic heterocycles. The van der Waals surface area contributed by atoms with E-state index in [1.807, 2.05) is 46.7 Å². The molecule has 248 valence electrons. The minimum Gasteiger partial charge on any atom is -0.479 e. The van der Waals surface area contributed by atoms with Gasteiger partial charge >= 0.3 is 5.97 Å². The number of fused-ring (bicyclic) bond motifs is 1. The molecule has 0 aliphatic carbocycles. The third kappa shape index (κ3) is 7.63. The number of nitrogens with zero attached hydrogens (tertiary/aromatic N) is 5. The number of carbonyl (C=O) groups is 4. The molecule has 4 heterocycles. The van der Waals surface area contributed by atoms with Crippen molar-refractivity contribution in [3.05, 3.63) is 51.7 Å². The Kier molecular flexibility index (Phi) is 10.5. The van der Waals surface area contributed by atoms with Crippen molar-refractivity contribution in [2.45, 2.75) is 47.0 Å². The molecule has 0 saturated carbocycles. The number of carboxylic acids is 1. The van der Waals surface area contributed by atoms with Crippen LogP contribution in [0.25, 0.3) is 0 Å². The SMILES string of the molecule is CC(=O)N1CCC(C(=O)N(CCCN2CC3CN(C(=O)c4c(C)cc(OCC(=O)O)nc4C)CC3C2)c2ccc(C)c(Cl)c2)CC1. The fourth-order valence-corrected chi connectivity index (χ4v) is 7.33. The molecule has 0 spiro atoms. The Morgan fingerprint density at radius 1 is 0.978 bits per heavy atom. The van der Waals surface area contributed by atoms with Crippen molar-refractivity contribution in [1.82, 2.24) is 19.7 Å². The maximum Gasteiger partial charge on any atom is 0.341 e. The van der Waals surface area contributed by atoms with Crippen LogP contribution in [0.15, 0.2) is 24.3 Å². The highest BCUT2D eigenvalue weighted by molar-refractivity contribution is 6.31. The van der Waals surface area contributed by atoms with Crippen molar-refractivity contribution in [3.8, 4) is 5.88 Å². The number of amides is 3. The number of benzene rings is 1. The minimum absolute atomic E-state index is 0.0479. The lowest BCUT2D eigenvalue weighted by Gasteiger charge is -2.34. The fourth-order valence-electron chi connectivity index (χ4n) is 7.16. The summed E-state index contributed by atoms with van der Waals surface area (Å²) < 4.78 is 5.22. The molecule has 3 aliphatic rings. The summed E-state index contributed by atoms with van der Waals surface area (Å²) in [6.07, 6.45) is 2.14. The van der Waals surface area contributed by atoms with Gasteiger partial charge in [-0.1, -0.05) is 17.7 Å². The van der Waals surface area contributed by atoms with Gasteiger partial charge in [-0.2, -0.15) is 0 Å². The average Bonchev–Trinajstić information content (AvgIpc) is 3.58. The van der Waals surface area contributed by atoms with Crippen LogP contribution in [0.5, 0.6) is 5.88 Å². The van der Waals surface area contributed by atoms with Crippen molar-refractivity contribution >= 4 is 41.0 Å². The molecule has 3 fully saturated rings. The number of carboxylic acid groups (broad SMARTS) is 1. The van der Waals surface area contributed by atoms with Gasteiger partial charge in [0, 0.05) is 75.4 Å². The molecule has 12 heteroatoms. The number of aliphatic carboxylic acids is 1. The Morgan fingerprint density at radius 3 is 2.24 bits per heavy atom. The van der Waals surface area contributed by atoms with Crippen molar-refractivity contribution in [3.63, 3.8) is 0 Å². The van der Waals surface area contributed by atoms with E-state index in [9.17, 15) is 19.2 Å². The quantitative estimate of drug-likeness (QED) is 0.411. The Balaban J connectivity index is 1.16. The highest BCUT2D eigenvalue weighted by atomic mass is 35.5. The fraction of sp³-hybridized carbons (Fsp3) is 0.559. The number of likely N-dealkylation sites (tertiary alicyclic amines) is 3. The van der Waals surface area contributed by atoms with Gasteiger partial charge in [0.25, 0.3) is 5.91 Å². The summed E-state index contributed by atoms with van der Waals surface area (Å²) in [6.45, 7) is 12.4. The summed E-state index contributed by atoms with van der Waals surface area (Å²) in [5, 5.41) is 9.51. The number of ether oxygens (including phenoxy) is 1. The van der Waals surface area contributed by atoms with Gasteiger partial charge in [-0.3, -0.25) is 14.4 Å². The number of hydrogen-bond acceptors (Lipinski definition) is 7. The number of carbonyl (C=O) groups excluding carboxylic acids is 3. The first-order valence-electron chi connectivity index (χ1n) is 16.1. The van der Waals surface area contributed by atoms with Crippen molar-refractivity contribution in [1.29, 1.82) is 0 Å². The molecule has 5 rings (SSSR count). The number of halogens is 1. The second-order valence-corrected chi connectivity index (χ2v) is 13.4. The predicted octanol–water partition coefficient (Wildman–Crippen LogP) is 3.81. The first-order chi connectivity index (χ1) is 21.9. The molecule has 2 aromatic rings. The zero-order chi connectivity index (χ0) is 33.1. The molecule has 3 aliphatic heterocycles. The largest absolute Gasteiger partial charge is 0.479 e. The summed E-state index contributed by atoms with van der Waals surface area (Å²) in [7, 11) is 0. The smallest absolute Gasteiger partial charge is 0.341 e. The zero-order valence-corrected chi connectivity index (χ0v) is 27.9. The van der Waals surface area contributed by atoms with Crippen LogP contribution in [0, 0.1) is 38.5 Å². The van der Waals surface area contributed by atoms with Crippen LogP contribution in [-0.4, -0.2) is 107 Å². The van der Waals surface area contributed by atoms with Gasteiger partial charge in [0.15, 0.2) is 6.61 Å². The molecular formula is C34H44ClN5O6. The second-order valence-electron chi connectivity index (χ2n) is 13.0. The molecule has 1 N–H and O–H groups in total. The molecule has 3 amide bonds. The van der Waals surface area contributed by atoms with Crippen LogP contribution >= 0.6 is 11.6 Å². The number of pyridine rings is 1. The summed E-state index contributed by atoms with van der Waals surface area (Å²) in [4.78, 5) is 62.3. The predicted molar refractivity (Wildman–Crippen MR) is 174 cm³/mol. The average molecular weight is 654 g/mol. The van der Waals surface area contributed by atoms with Gasteiger partial charge in [0.05, 0.1) is 11.3 Å². The number of anilines is 1. The van der Waals surface area contributed by atoms with E-state index < -0.39 is 12.6 Å². The van der Waals surface area contributed by atoms with E-state index in [2.05, 4.69) is 9.88 Å². The Bertz CT molecular complexity index is 1460. The van der Waals surface area contributed by atoms with Crippen LogP contribution in [0.3, 0.4) is 0 Å². The number of aromatic nitrogens is 1. The van der Waals surface area contributed by atoms with Gasteiger partial charge in [-0.25, -0.2) is 9.78 Å². The Morgan fingerprint density at radius 2 is 1.65 bits per heavy atom. The number of hydrogen-bond donors (Lipinski definition) is 1. The third-order valence-corrected chi connectivity index (χ3v) is 10.1. The number of rotatable bonds is 10. The summed E-state index contributed by atoms with van der Waals surface area (Å²) in [5.41, 5.74) is 3.57. The first-order valence-corrected chi connectivity index (χ1v) is 16.5. The topological polar surface area (TPSA) is 124 Å². The Hall–Kier alpha value is -3.70. The molecule has 2 unspecified atom stereocenters. The maximum absolute atomic E-state index is 13.8. The minimum atomic E-state index is -1.08. The van der Waals surface area contributed by atoms with Gasteiger partial charge < -0.3 is 29.4 Å². The highest BCUT2D eigenvalue weighted by Gasteiger charge is 2.42. The highest BCUT2D eigenvalue weighted by Crippen LogP contribution is 2.33. The molecule has 3 saturated heterocycles. The molecule has 2 atom stereocenters. The molecule has 11 nitrogen and oxygen atoms in total. The normalized spacial score (nSPS) is 20.1. The van der Waals surface area contributed by atoms with Crippen LogP contribution in [0.4, 0.5) is 5.69 Å². The molecule has 1 aromatic carbocycles. The van der Waals surface area contributed by atoms with Gasteiger partial charge in [-0.05, 0) is 81.7 Å². The monoisotopic (exact) mass is 653 g/mol. The van der Waals surface area contributed by atoms with Gasteiger partial charge in [-0.15, -0.1) is 0 Å². The lowest BCUT2D eigenvalue weighted by molar-refractivity contribution is -0.139. The van der Waals surface area contributed by atoms with Crippen LogP contribution in [-0.2, 0) is 14.4 Å². The standard InChI is InChI=1S/C34H44ClN5O6/c1-21-6-7-28(15-29(21)35)40(33(44)25-8-12-38(13-9-25)24(4)41)11-5-10-37-16-26-18-39(19-27(26)17-37)34(45)32-22(2)14-30(36-23(32)3)46-20-31(42)43/h6-7,14-15,25-27H,5,8-13,16-20H2,1-4H3,(H,42,43). The Labute approximate surface area is 275 Å². The maximum atomic E-state index is 13.8. The van der Waals surface area contributed by atoms with Crippen molar-refractivity contribution in [2.24, 2.45) is 17.8 Å². The van der Waals surface area contributed by atoms with E-state index >= 15 is 0 Å². The molecule has 46 heavy (non-hydrogen) atoms. The molecular weight excluding hydrogens is 610 g/mol. The first kappa shape index (κ1) is 33.7. The molecule has 0 bridgehead atoms. The van der Waals surface area contributed by atoms with E-state index in [4.69, 9.17) is 21.4 Å². The van der Waals surface area contributed by atoms with Crippen LogP contribution < -0.4 is 9.64 Å². The van der Waals surface area contributed by atoms with Crippen LogP contribution in [0.1, 0.15) is 53.4 Å². The van der Waals surface area contributed by atoms with Gasteiger partial charge in [0.2, 0.25) is 17.7 Å². The zero-order valence-electron chi connectivity index (χ0n) is 27.1. The van der Waals surface area contributed by atoms with Crippen molar-refractivity contribution < 1.29 is 29.0 Å². The molecule has 0 radical (unpaired) electrons.